The van der Waals surface area contributed by atoms with Crippen LogP contribution < -0.4 is 10.3 Å². The smallest absolute Gasteiger partial charge is 0.325 e. The maximum absolute atomic E-state index is 12.3. The van der Waals surface area contributed by atoms with Gasteiger partial charge in [0, 0.05) is 0 Å². The highest BCUT2D eigenvalue weighted by atomic mass is 16.4. The van der Waals surface area contributed by atoms with Gasteiger partial charge in [0.15, 0.2) is 5.92 Å². The summed E-state index contributed by atoms with van der Waals surface area (Å²) in [5.74, 6) is -3.40. The van der Waals surface area contributed by atoms with Crippen LogP contribution in [0.15, 0.2) is 35.4 Å². The number of hydrogen-bond acceptors (Lipinski definition) is 4. The lowest BCUT2D eigenvalue weighted by Crippen LogP contribution is -2.46. The van der Waals surface area contributed by atoms with Gasteiger partial charge >= 0.3 is 5.97 Å². The Kier molecular flexibility index (Phi) is 4.02. The molecule has 1 aliphatic rings. The highest BCUT2D eigenvalue weighted by Crippen LogP contribution is 2.23. The Morgan fingerprint density at radius 1 is 1.33 bits per heavy atom. The molecule has 1 aromatic rings. The van der Waals surface area contributed by atoms with Crippen LogP contribution in [0.5, 0.6) is 0 Å². The topological polar surface area (TPSA) is 99.1 Å². The number of hydrazone groups is 1. The predicted octanol–water partition coefficient (Wildman–Crippen LogP) is 0.615. The van der Waals surface area contributed by atoms with E-state index in [0.717, 1.165) is 5.01 Å². The maximum atomic E-state index is 12.3. The molecule has 0 bridgehead atoms. The summed E-state index contributed by atoms with van der Waals surface area (Å²) in [6, 6.07) is 7.66. The van der Waals surface area contributed by atoms with Crippen molar-refractivity contribution >= 4 is 29.2 Å². The van der Waals surface area contributed by atoms with Crippen molar-refractivity contribution in [2.75, 3.05) is 5.01 Å². The standard InChI is InChI=1S/C14H15N3O4/c1-8-11(12(18)15-9(2)14(20)21)13(19)17(16-8)10-6-4-3-5-7-10/h3-7,9,11H,1-2H3,(H,15,18)(H,20,21)/t9-,11?/m0/s1. The van der Waals surface area contributed by atoms with Crippen molar-refractivity contribution in [3.8, 4) is 0 Å². The molecule has 0 aliphatic carbocycles. The lowest BCUT2D eigenvalue weighted by molar-refractivity contribution is -0.142. The van der Waals surface area contributed by atoms with E-state index in [-0.39, 0.29) is 0 Å². The summed E-state index contributed by atoms with van der Waals surface area (Å²) in [4.78, 5) is 35.1. The largest absolute Gasteiger partial charge is 0.480 e. The third-order valence-corrected chi connectivity index (χ3v) is 3.12. The number of nitrogens with one attached hydrogen (secondary N) is 1. The number of aliphatic carboxylic acids is 1. The molecule has 2 amide bonds. The first-order chi connectivity index (χ1) is 9.91. The van der Waals surface area contributed by atoms with E-state index >= 15 is 0 Å². The molecule has 110 valence electrons. The van der Waals surface area contributed by atoms with Crippen LogP contribution in [0.1, 0.15) is 13.8 Å². The Hall–Kier alpha value is -2.70. The number of hydrogen-bond donors (Lipinski definition) is 2. The number of rotatable bonds is 4. The highest BCUT2D eigenvalue weighted by molar-refractivity contribution is 6.26. The van der Waals surface area contributed by atoms with Gasteiger partial charge in [-0.2, -0.15) is 10.1 Å². The third kappa shape index (κ3) is 2.91. The average Bonchev–Trinajstić information content (AvgIpc) is 2.74. The van der Waals surface area contributed by atoms with Crippen LogP contribution in [0.25, 0.3) is 0 Å². The number of para-hydroxylation sites is 1. The second-order valence-electron chi connectivity index (χ2n) is 4.73. The van der Waals surface area contributed by atoms with Crippen LogP contribution in [0.3, 0.4) is 0 Å². The number of nitrogens with zero attached hydrogens (tertiary/aromatic N) is 2. The fraction of sp³-hybridized carbons (Fsp3) is 0.286. The molecule has 0 fully saturated rings. The van der Waals surface area contributed by atoms with Gasteiger partial charge < -0.3 is 10.4 Å². The van der Waals surface area contributed by atoms with E-state index in [0.29, 0.717) is 11.4 Å². The van der Waals surface area contributed by atoms with Crippen molar-refractivity contribution in [2.24, 2.45) is 11.0 Å². The number of carboxylic acid groups (broad SMARTS) is 1. The van der Waals surface area contributed by atoms with Crippen molar-refractivity contribution in [3.63, 3.8) is 0 Å². The van der Waals surface area contributed by atoms with Gasteiger partial charge in [-0.1, -0.05) is 18.2 Å². The van der Waals surface area contributed by atoms with Crippen LogP contribution in [-0.4, -0.2) is 34.6 Å². The minimum atomic E-state index is -1.16. The molecule has 0 saturated carbocycles. The number of amides is 2. The molecule has 1 heterocycles. The molecule has 2 atom stereocenters. The van der Waals surface area contributed by atoms with E-state index in [2.05, 4.69) is 10.4 Å². The van der Waals surface area contributed by atoms with Gasteiger partial charge in [-0.15, -0.1) is 0 Å². The second-order valence-corrected chi connectivity index (χ2v) is 4.73. The van der Waals surface area contributed by atoms with Crippen LogP contribution in [0, 0.1) is 5.92 Å². The number of carboxylic acids is 1. The number of carbonyl (C=O) groups excluding carboxylic acids is 2. The fourth-order valence-corrected chi connectivity index (χ4v) is 1.98. The van der Waals surface area contributed by atoms with Crippen molar-refractivity contribution in [1.29, 1.82) is 0 Å². The molecule has 0 radical (unpaired) electrons. The summed E-state index contributed by atoms with van der Waals surface area (Å²) in [7, 11) is 0. The molecule has 0 aromatic heterocycles. The summed E-state index contributed by atoms with van der Waals surface area (Å²) in [6.45, 7) is 2.90. The molecule has 21 heavy (non-hydrogen) atoms. The Bertz CT molecular complexity index is 612. The van der Waals surface area contributed by atoms with E-state index in [1.807, 2.05) is 0 Å². The lowest BCUT2D eigenvalue weighted by atomic mass is 10.0. The van der Waals surface area contributed by atoms with Crippen molar-refractivity contribution < 1.29 is 19.5 Å². The molecule has 1 aliphatic heterocycles. The molecule has 1 aromatic carbocycles. The van der Waals surface area contributed by atoms with Crippen LogP contribution >= 0.6 is 0 Å². The first kappa shape index (κ1) is 14.7. The normalized spacial score (nSPS) is 19.1. The summed E-state index contributed by atoms with van der Waals surface area (Å²) >= 11 is 0. The molecular formula is C14H15N3O4. The Balaban J connectivity index is 2.17. The van der Waals surface area contributed by atoms with E-state index in [1.165, 1.54) is 6.92 Å². The second kappa shape index (κ2) is 5.74. The van der Waals surface area contributed by atoms with Crippen molar-refractivity contribution in [1.82, 2.24) is 5.32 Å². The van der Waals surface area contributed by atoms with Crippen LogP contribution in [0.4, 0.5) is 5.69 Å². The van der Waals surface area contributed by atoms with Crippen LogP contribution in [-0.2, 0) is 14.4 Å². The van der Waals surface area contributed by atoms with E-state index in [4.69, 9.17) is 5.11 Å². The molecule has 7 heteroatoms. The number of anilines is 1. The maximum Gasteiger partial charge on any atom is 0.325 e. The quantitative estimate of drug-likeness (QED) is 0.793. The predicted molar refractivity (Wildman–Crippen MR) is 75.8 cm³/mol. The summed E-state index contributed by atoms with van der Waals surface area (Å²) in [5.41, 5.74) is 0.891. The molecule has 0 spiro atoms. The van der Waals surface area contributed by atoms with Gasteiger partial charge in [-0.3, -0.25) is 14.4 Å². The average molecular weight is 289 g/mol. The van der Waals surface area contributed by atoms with Crippen molar-refractivity contribution in [2.45, 2.75) is 19.9 Å². The van der Waals surface area contributed by atoms with E-state index in [1.54, 1.807) is 37.3 Å². The summed E-state index contributed by atoms with van der Waals surface area (Å²) < 4.78 is 0. The summed E-state index contributed by atoms with van der Waals surface area (Å²) in [5, 5.41) is 16.3. The SMILES string of the molecule is CC1=NN(c2ccccc2)C(=O)C1C(=O)N[C@@H](C)C(=O)O. The highest BCUT2D eigenvalue weighted by Gasteiger charge is 2.40. The molecule has 2 N–H and O–H groups in total. The third-order valence-electron chi connectivity index (χ3n) is 3.12. The first-order valence-electron chi connectivity index (χ1n) is 6.39. The minimum absolute atomic E-state index is 0.332. The molecule has 2 rings (SSSR count). The molecular weight excluding hydrogens is 274 g/mol. The van der Waals surface area contributed by atoms with Gasteiger partial charge in [0.25, 0.3) is 5.91 Å². The van der Waals surface area contributed by atoms with Gasteiger partial charge in [-0.05, 0) is 26.0 Å². The molecule has 0 saturated heterocycles. The fourth-order valence-electron chi connectivity index (χ4n) is 1.98. The van der Waals surface area contributed by atoms with Gasteiger partial charge in [-0.25, -0.2) is 0 Å². The van der Waals surface area contributed by atoms with E-state index < -0.39 is 29.7 Å². The van der Waals surface area contributed by atoms with Gasteiger partial charge in [0.1, 0.15) is 6.04 Å². The van der Waals surface area contributed by atoms with Crippen molar-refractivity contribution in [3.05, 3.63) is 30.3 Å². The number of benzene rings is 1. The Morgan fingerprint density at radius 2 is 1.95 bits per heavy atom. The van der Waals surface area contributed by atoms with E-state index in [9.17, 15) is 14.4 Å². The summed E-state index contributed by atoms with van der Waals surface area (Å²) in [6.07, 6.45) is 0. The lowest BCUT2D eigenvalue weighted by Gasteiger charge is -2.15. The van der Waals surface area contributed by atoms with Gasteiger partial charge in [0.2, 0.25) is 5.91 Å². The first-order valence-corrected chi connectivity index (χ1v) is 6.39. The monoisotopic (exact) mass is 289 g/mol. The Morgan fingerprint density at radius 3 is 2.52 bits per heavy atom. The molecule has 7 nitrogen and oxygen atoms in total. The zero-order chi connectivity index (χ0) is 15.6. The number of carbonyl (C=O) groups is 3. The van der Waals surface area contributed by atoms with Gasteiger partial charge in [0.05, 0.1) is 11.4 Å². The van der Waals surface area contributed by atoms with Crippen LogP contribution in [0.2, 0.25) is 0 Å². The zero-order valence-electron chi connectivity index (χ0n) is 11.6. The zero-order valence-corrected chi connectivity index (χ0v) is 11.6. The minimum Gasteiger partial charge on any atom is -0.480 e. The Labute approximate surface area is 121 Å². The molecule has 1 unspecified atom stereocenters.